The van der Waals surface area contributed by atoms with Crippen LogP contribution in [0.3, 0.4) is 0 Å². The van der Waals surface area contributed by atoms with Crippen molar-refractivity contribution in [1.82, 2.24) is 9.78 Å². The molecule has 3 aromatic rings. The van der Waals surface area contributed by atoms with E-state index >= 15 is 0 Å². The molecule has 0 aliphatic heterocycles. The lowest BCUT2D eigenvalue weighted by Crippen LogP contribution is -2.25. The van der Waals surface area contributed by atoms with Crippen LogP contribution in [0.1, 0.15) is 36.3 Å². The molecule has 6 nitrogen and oxygen atoms in total. The monoisotopic (exact) mass is 430 g/mol. The van der Waals surface area contributed by atoms with Gasteiger partial charge in [0.2, 0.25) is 11.8 Å². The quantitative estimate of drug-likeness (QED) is 0.554. The molecule has 0 aliphatic carbocycles. The van der Waals surface area contributed by atoms with E-state index in [1.54, 1.807) is 41.1 Å². The van der Waals surface area contributed by atoms with Crippen molar-refractivity contribution < 1.29 is 9.59 Å². The predicted molar refractivity (Wildman–Crippen MR) is 118 cm³/mol. The van der Waals surface area contributed by atoms with Crippen LogP contribution in [-0.2, 0) is 16.0 Å². The molecule has 152 valence electrons. The highest BCUT2D eigenvalue weighted by Crippen LogP contribution is 2.27. The zero-order valence-electron chi connectivity index (χ0n) is 16.5. The molecule has 0 saturated heterocycles. The molecule has 0 aliphatic rings. The van der Waals surface area contributed by atoms with Gasteiger partial charge in [-0.25, -0.2) is 0 Å². The Balaban J connectivity index is 1.59. The largest absolute Gasteiger partial charge is 0.326 e. The molecule has 1 unspecified atom stereocenters. The molecule has 3 rings (SSSR count). The second-order valence-electron chi connectivity index (χ2n) is 6.91. The lowest BCUT2D eigenvalue weighted by atomic mass is 10.2. The predicted octanol–water partition coefficient (Wildman–Crippen LogP) is 4.99. The number of hydrogen-bond donors (Lipinski definition) is 2. The molecule has 1 aromatic carbocycles. The number of aromatic nitrogens is 2. The summed E-state index contributed by atoms with van der Waals surface area (Å²) in [5.41, 5.74) is 4.00. The van der Waals surface area contributed by atoms with Crippen molar-refractivity contribution in [2.45, 2.75) is 39.7 Å². The molecule has 8 heteroatoms. The van der Waals surface area contributed by atoms with Gasteiger partial charge in [0.05, 0.1) is 16.4 Å². The van der Waals surface area contributed by atoms with E-state index in [1.807, 2.05) is 36.7 Å². The van der Waals surface area contributed by atoms with Crippen LogP contribution in [0.2, 0.25) is 5.02 Å². The first-order valence-electron chi connectivity index (χ1n) is 9.27. The van der Waals surface area contributed by atoms with Crippen molar-refractivity contribution in [3.63, 3.8) is 0 Å². The number of nitrogens with one attached hydrogen (secondary N) is 2. The fourth-order valence-corrected chi connectivity index (χ4v) is 3.93. The molecule has 2 amide bonds. The summed E-state index contributed by atoms with van der Waals surface area (Å²) >= 11 is 7.93. The van der Waals surface area contributed by atoms with Gasteiger partial charge >= 0.3 is 0 Å². The fourth-order valence-electron chi connectivity index (χ4n) is 3.00. The van der Waals surface area contributed by atoms with Gasteiger partial charge < -0.3 is 10.6 Å². The average molecular weight is 431 g/mol. The molecule has 2 N–H and O–H groups in total. The van der Waals surface area contributed by atoms with Gasteiger partial charge in [-0.05, 0) is 73.8 Å². The Morgan fingerprint density at radius 3 is 2.62 bits per heavy atom. The van der Waals surface area contributed by atoms with Gasteiger partial charge in [0, 0.05) is 17.8 Å². The number of amides is 2. The maximum atomic E-state index is 12.6. The van der Waals surface area contributed by atoms with E-state index in [4.69, 9.17) is 11.6 Å². The van der Waals surface area contributed by atoms with Crippen LogP contribution in [0.25, 0.3) is 0 Å². The van der Waals surface area contributed by atoms with Crippen LogP contribution in [0, 0.1) is 13.8 Å². The number of carbonyl (C=O) groups is 2. The Labute approximate surface area is 178 Å². The van der Waals surface area contributed by atoms with Crippen molar-refractivity contribution in [1.29, 1.82) is 0 Å². The van der Waals surface area contributed by atoms with E-state index < -0.39 is 6.04 Å². The van der Waals surface area contributed by atoms with Crippen molar-refractivity contribution in [2.24, 2.45) is 0 Å². The third-order valence-corrected chi connectivity index (χ3v) is 5.57. The minimum absolute atomic E-state index is 0.0813. The highest BCUT2D eigenvalue weighted by Gasteiger charge is 2.19. The lowest BCUT2D eigenvalue weighted by molar-refractivity contribution is -0.119. The maximum absolute atomic E-state index is 12.6. The minimum Gasteiger partial charge on any atom is -0.326 e. The summed E-state index contributed by atoms with van der Waals surface area (Å²) in [5.74, 6) is -0.298. The molecule has 0 fully saturated rings. The van der Waals surface area contributed by atoms with Crippen LogP contribution in [0.5, 0.6) is 0 Å². The molecule has 0 bridgehead atoms. The number of aryl methyl sites for hydroxylation is 3. The first-order chi connectivity index (χ1) is 13.8. The normalized spacial score (nSPS) is 11.9. The maximum Gasteiger partial charge on any atom is 0.248 e. The Morgan fingerprint density at radius 1 is 1.21 bits per heavy atom. The van der Waals surface area contributed by atoms with E-state index in [0.29, 0.717) is 29.2 Å². The summed E-state index contributed by atoms with van der Waals surface area (Å²) in [6, 6.07) is 8.50. The van der Waals surface area contributed by atoms with Gasteiger partial charge in [-0.3, -0.25) is 14.3 Å². The van der Waals surface area contributed by atoms with Crippen molar-refractivity contribution >= 4 is 46.1 Å². The van der Waals surface area contributed by atoms with Gasteiger partial charge in [-0.1, -0.05) is 11.6 Å². The van der Waals surface area contributed by atoms with Crippen molar-refractivity contribution in [3.8, 4) is 0 Å². The number of anilines is 2. The summed E-state index contributed by atoms with van der Waals surface area (Å²) in [7, 11) is 0. The van der Waals surface area contributed by atoms with Crippen LogP contribution < -0.4 is 10.6 Å². The molecule has 29 heavy (non-hydrogen) atoms. The van der Waals surface area contributed by atoms with Gasteiger partial charge in [0.25, 0.3) is 0 Å². The zero-order chi connectivity index (χ0) is 21.0. The standard InChI is InChI=1S/C21H23ClN4O2S/c1-13-10-14(2)26(25-13)15(3)21(28)24-19-6-5-17(11-18(19)22)23-20(27)7-4-16-8-9-29-12-16/h5-6,8-12,15H,4,7H2,1-3H3,(H,23,27)(H,24,28). The first-order valence-corrected chi connectivity index (χ1v) is 10.6. The minimum atomic E-state index is -0.476. The summed E-state index contributed by atoms with van der Waals surface area (Å²) < 4.78 is 1.68. The second kappa shape index (κ2) is 9.24. The van der Waals surface area contributed by atoms with Crippen LogP contribution in [-0.4, -0.2) is 21.6 Å². The van der Waals surface area contributed by atoms with Crippen LogP contribution in [0.15, 0.2) is 41.1 Å². The Hall–Kier alpha value is -2.64. The Kier molecular flexibility index (Phi) is 6.71. The molecule has 0 saturated carbocycles. The van der Waals surface area contributed by atoms with Gasteiger partial charge in [0.1, 0.15) is 6.04 Å². The number of rotatable bonds is 7. The molecular formula is C21H23ClN4O2S. The Bertz CT molecular complexity index is 1010. The SMILES string of the molecule is Cc1cc(C)n(C(C)C(=O)Nc2ccc(NC(=O)CCc3ccsc3)cc2Cl)n1. The summed E-state index contributed by atoms with van der Waals surface area (Å²) in [6.07, 6.45) is 1.09. The third kappa shape index (κ3) is 5.46. The van der Waals surface area contributed by atoms with Crippen molar-refractivity contribution in [3.05, 3.63) is 63.1 Å². The Morgan fingerprint density at radius 2 is 2.00 bits per heavy atom. The summed E-state index contributed by atoms with van der Waals surface area (Å²) in [5, 5.41) is 14.4. The highest BCUT2D eigenvalue weighted by molar-refractivity contribution is 7.07. The van der Waals surface area contributed by atoms with E-state index in [1.165, 1.54) is 0 Å². The third-order valence-electron chi connectivity index (χ3n) is 4.52. The highest BCUT2D eigenvalue weighted by atomic mass is 35.5. The average Bonchev–Trinajstić information content (AvgIpc) is 3.30. The smallest absolute Gasteiger partial charge is 0.248 e. The van der Waals surface area contributed by atoms with Gasteiger partial charge in [-0.15, -0.1) is 0 Å². The molecule has 2 aromatic heterocycles. The van der Waals surface area contributed by atoms with E-state index in [0.717, 1.165) is 17.0 Å². The van der Waals surface area contributed by atoms with Crippen LogP contribution in [0.4, 0.5) is 11.4 Å². The van der Waals surface area contributed by atoms with Crippen molar-refractivity contribution in [2.75, 3.05) is 10.6 Å². The number of halogens is 1. The van der Waals surface area contributed by atoms with E-state index in [9.17, 15) is 9.59 Å². The molecule has 1 atom stereocenters. The number of benzene rings is 1. The number of carbonyl (C=O) groups excluding carboxylic acids is 2. The molecule has 2 heterocycles. The van der Waals surface area contributed by atoms with Crippen LogP contribution >= 0.6 is 22.9 Å². The lowest BCUT2D eigenvalue weighted by Gasteiger charge is -2.16. The second-order valence-corrected chi connectivity index (χ2v) is 8.10. The van der Waals surface area contributed by atoms with E-state index in [2.05, 4.69) is 15.7 Å². The number of hydrogen-bond acceptors (Lipinski definition) is 4. The number of thiophene rings is 1. The van der Waals surface area contributed by atoms with E-state index in [-0.39, 0.29) is 11.8 Å². The van der Waals surface area contributed by atoms with Gasteiger partial charge in [0.15, 0.2) is 0 Å². The van der Waals surface area contributed by atoms with Gasteiger partial charge in [-0.2, -0.15) is 16.4 Å². The summed E-state index contributed by atoms with van der Waals surface area (Å²) in [4.78, 5) is 24.7. The molecule has 0 spiro atoms. The fraction of sp³-hybridized carbons (Fsp3) is 0.286. The molecular weight excluding hydrogens is 408 g/mol. The summed E-state index contributed by atoms with van der Waals surface area (Å²) in [6.45, 7) is 5.58. The first kappa shape index (κ1) is 21.1. The number of nitrogens with zero attached hydrogens (tertiary/aromatic N) is 2. The topological polar surface area (TPSA) is 76.0 Å². The zero-order valence-corrected chi connectivity index (χ0v) is 18.1. The molecule has 0 radical (unpaired) electrons.